The predicted octanol–water partition coefficient (Wildman–Crippen LogP) is 10.6. The van der Waals surface area contributed by atoms with Crippen LogP contribution >= 0.6 is 0 Å². The molecule has 0 radical (unpaired) electrons. The van der Waals surface area contributed by atoms with Crippen molar-refractivity contribution in [1.82, 2.24) is 35.2 Å². The normalized spacial score (nSPS) is 28.3. The average Bonchev–Trinajstić information content (AvgIpc) is 1.57. The molecule has 0 aromatic heterocycles. The van der Waals surface area contributed by atoms with Gasteiger partial charge in [-0.25, -0.2) is 31.2 Å². The second-order valence-corrected chi connectivity index (χ2v) is 39.1. The Bertz CT molecular complexity index is 4410. The summed E-state index contributed by atoms with van der Waals surface area (Å²) in [5.41, 5.74) is 7.78. The highest BCUT2D eigenvalue weighted by molar-refractivity contribution is 7.91. The first-order chi connectivity index (χ1) is 52.0. The molecule has 111 heavy (non-hydrogen) atoms. The van der Waals surface area contributed by atoms with Crippen LogP contribution in [-0.4, -0.2) is 166 Å². The fourth-order valence-electron chi connectivity index (χ4n) is 15.7. The van der Waals surface area contributed by atoms with E-state index in [2.05, 4.69) is 91.9 Å². The molecule has 0 unspecified atom stereocenters. The van der Waals surface area contributed by atoms with E-state index in [4.69, 9.17) is 24.7 Å². The van der Waals surface area contributed by atoms with Gasteiger partial charge in [0.25, 0.3) is 11.8 Å². The number of methoxy groups -OCH3 is 2. The van der Waals surface area contributed by atoms with Gasteiger partial charge < -0.3 is 55.5 Å². The van der Waals surface area contributed by atoms with Crippen molar-refractivity contribution in [3.63, 3.8) is 0 Å². The molecule has 6 aliphatic heterocycles. The van der Waals surface area contributed by atoms with Gasteiger partial charge in [-0.3, -0.25) is 33.4 Å². The van der Waals surface area contributed by atoms with Crippen LogP contribution in [0.1, 0.15) is 181 Å². The highest BCUT2D eigenvalue weighted by Gasteiger charge is 2.63. The number of hydrogen-bond acceptors (Lipinski definition) is 17. The van der Waals surface area contributed by atoms with Crippen LogP contribution in [0.5, 0.6) is 0 Å². The second-order valence-electron chi connectivity index (χ2n) is 35.2. The van der Waals surface area contributed by atoms with Crippen molar-refractivity contribution < 1.29 is 79.2 Å². The number of fused-ring (bicyclic) bond motifs is 24. The van der Waals surface area contributed by atoms with Gasteiger partial charge in [-0.05, 0) is 156 Å². The molecule has 10 atom stereocenters. The topological polar surface area (TPSA) is 355 Å². The third-order valence-corrected chi connectivity index (χ3v) is 27.3. The van der Waals surface area contributed by atoms with Crippen molar-refractivity contribution in [3.05, 3.63) is 145 Å². The maximum Gasteiger partial charge on any atom is 0.407 e. The van der Waals surface area contributed by atoms with Gasteiger partial charge in [0.15, 0.2) is 0 Å². The van der Waals surface area contributed by atoms with E-state index in [9.17, 15) is 60.3 Å². The number of carboxylic acids is 1. The summed E-state index contributed by atoms with van der Waals surface area (Å²) in [4.78, 5) is 110. The Morgan fingerprint density at radius 1 is 0.568 bits per heavy atom. The Labute approximate surface area is 654 Å². The van der Waals surface area contributed by atoms with Crippen LogP contribution < -0.4 is 31.1 Å². The number of amides is 7. The molecule has 6 fully saturated rings. The molecule has 8 bridgehead atoms. The van der Waals surface area contributed by atoms with Crippen LogP contribution in [0, 0.1) is 33.5 Å². The molecule has 6 heterocycles. The quantitative estimate of drug-likeness (QED) is 0.0612. The standard InChI is InChI=1S/C42H56N4O8S.C33H44N2O6.C9H14N2O3S/c1-8-29-24-42(29,37(49)45-55(51,52)31-19-20-31)44-35(47)33-25-41(53-7)26-46(33)36(48)34(39(2,3)4)43-38(50)54-23-22-40(5,6)21-11-13-27-12-9-10-14-32(27)28-15-17-30(41)18-16-28;1-31(2,3)27-28(36)35-21-33(40-6,20-26(35)29(37)38)24-15-13-23(14-16-24)25-12-8-7-10-22(25)11-9-17-32(4,5)18-19-41-30(39)34-27;1-2-6-5-9(6,10)8(12)11-15(13,14)7-3-4-7/h8-10,12,14-18,29,31,33-34H,1,11,13,19-26H2,2-7H3,(H,43,50)(H,44,47)(H,45,49);7-8,10,12-16,26-27H,9,11,17-21H2,1-6H3,(H,34,39)(H,37,38);2,6-7H,1,3-5,10H2,(H,11,12)/t29-,33+,34-,41+,42-;26-,27+,33-;6-,9-/m101/s1. The van der Waals surface area contributed by atoms with Gasteiger partial charge in [-0.15, -0.1) is 13.2 Å². The smallest absolute Gasteiger partial charge is 0.407 e. The number of ether oxygens (including phenoxy) is 4. The van der Waals surface area contributed by atoms with Gasteiger partial charge in [-0.2, -0.15) is 0 Å². The van der Waals surface area contributed by atoms with Crippen molar-refractivity contribution >= 4 is 67.7 Å². The van der Waals surface area contributed by atoms with Crippen LogP contribution in [0.4, 0.5) is 9.59 Å². The zero-order chi connectivity index (χ0) is 81.2. The Morgan fingerprint density at radius 2 is 0.964 bits per heavy atom. The number of benzene rings is 4. The Hall–Kier alpha value is -8.50. The molecule has 14 rings (SSSR count). The van der Waals surface area contributed by atoms with E-state index in [0.29, 0.717) is 44.9 Å². The summed E-state index contributed by atoms with van der Waals surface area (Å²) in [5.74, 6) is -4.79. The lowest BCUT2D eigenvalue weighted by Crippen LogP contribution is -2.60. The minimum atomic E-state index is -3.90. The summed E-state index contributed by atoms with van der Waals surface area (Å²) in [6.07, 6.45) is 11.6. The van der Waals surface area contributed by atoms with Crippen molar-refractivity contribution in [1.29, 1.82) is 0 Å². The average molecular weight is 1570 g/mol. The van der Waals surface area contributed by atoms with Crippen molar-refractivity contribution in [3.8, 4) is 22.3 Å². The van der Waals surface area contributed by atoms with E-state index in [1.54, 1.807) is 13.2 Å². The summed E-state index contributed by atoms with van der Waals surface area (Å²) in [5, 5.41) is 17.5. The van der Waals surface area contributed by atoms with Gasteiger partial charge in [-0.1, -0.05) is 178 Å². The molecule has 7 amide bonds. The first kappa shape index (κ1) is 84.9. The Morgan fingerprint density at radius 3 is 1.33 bits per heavy atom. The lowest BCUT2D eigenvalue weighted by atomic mass is 9.83. The predicted molar refractivity (Wildman–Crippen MR) is 422 cm³/mol. The van der Waals surface area contributed by atoms with Gasteiger partial charge in [0.05, 0.1) is 36.8 Å². The molecule has 25 nitrogen and oxygen atoms in total. The number of carbonyl (C=O) groups excluding carboxylic acids is 7. The Kier molecular flexibility index (Phi) is 25.2. The monoisotopic (exact) mass is 1570 g/mol. The van der Waals surface area contributed by atoms with Gasteiger partial charge in [0.1, 0.15) is 46.4 Å². The summed E-state index contributed by atoms with van der Waals surface area (Å²) < 4.78 is 76.2. The van der Waals surface area contributed by atoms with Gasteiger partial charge >= 0.3 is 18.2 Å². The van der Waals surface area contributed by atoms with E-state index >= 15 is 0 Å². The minimum absolute atomic E-state index is 0.0320. The van der Waals surface area contributed by atoms with E-state index in [0.717, 1.165) is 71.9 Å². The maximum absolute atomic E-state index is 14.8. The van der Waals surface area contributed by atoms with Crippen LogP contribution in [0.3, 0.4) is 0 Å². The van der Waals surface area contributed by atoms with E-state index in [-0.39, 0.29) is 62.3 Å². The summed E-state index contributed by atoms with van der Waals surface area (Å²) in [7, 11) is -4.29. The largest absolute Gasteiger partial charge is 0.480 e. The number of alkyl carbamates (subject to hydrolysis) is 2. The number of rotatable bonds is 13. The first-order valence-corrected chi connectivity index (χ1v) is 41.8. The molecule has 604 valence electrons. The molecule has 4 aromatic carbocycles. The van der Waals surface area contributed by atoms with Crippen molar-refractivity contribution in [2.24, 2.45) is 39.2 Å². The number of nitrogens with zero attached hydrogens (tertiary/aromatic N) is 2. The lowest BCUT2D eigenvalue weighted by molar-refractivity contribution is -0.150. The van der Waals surface area contributed by atoms with Crippen LogP contribution in [-0.2, 0) is 91.8 Å². The van der Waals surface area contributed by atoms with E-state index in [1.807, 2.05) is 113 Å². The highest BCUT2D eigenvalue weighted by Crippen LogP contribution is 2.49. The molecule has 8 N–H and O–H groups in total. The summed E-state index contributed by atoms with van der Waals surface area (Å²) >= 11 is 0. The molecule has 2 saturated heterocycles. The third-order valence-electron chi connectivity index (χ3n) is 23.7. The molecule has 10 aliphatic rings. The Balaban J connectivity index is 0.000000204. The molecule has 27 heteroatoms. The summed E-state index contributed by atoms with van der Waals surface area (Å²) in [6, 6.07) is 28.4. The fraction of sp³-hybridized carbons (Fsp3) is 0.571. The van der Waals surface area contributed by atoms with E-state index in [1.165, 1.54) is 34.1 Å². The number of carboxylic acid groups (broad SMARTS) is 1. The van der Waals surface area contributed by atoms with Gasteiger partial charge in [0.2, 0.25) is 37.8 Å². The number of aliphatic carboxylic acids is 1. The lowest BCUT2D eigenvalue weighted by Gasteiger charge is -2.36. The molecule has 0 spiro atoms. The number of nitrogens with two attached hydrogens (primary N) is 1. The molecule has 4 aromatic rings. The number of aryl methyl sites for hydroxylation is 2. The second kappa shape index (κ2) is 32.9. The minimum Gasteiger partial charge on any atom is -0.480 e. The molecule has 4 aliphatic carbocycles. The molecular formula is C84H114N8O17S2. The number of sulfonamides is 2. The molecule has 4 saturated carbocycles. The molecular weight excluding hydrogens is 1460 g/mol. The maximum atomic E-state index is 14.8. The zero-order valence-corrected chi connectivity index (χ0v) is 68.0. The number of nitrogens with one attached hydrogen (secondary N) is 5. The number of carbonyl (C=O) groups is 8. The zero-order valence-electron chi connectivity index (χ0n) is 66.3. The fourth-order valence-corrected chi connectivity index (χ4v) is 18.4. The van der Waals surface area contributed by atoms with Gasteiger partial charge in [0, 0.05) is 38.9 Å². The van der Waals surface area contributed by atoms with Crippen LogP contribution in [0.25, 0.3) is 22.3 Å². The van der Waals surface area contributed by atoms with Crippen LogP contribution in [0.2, 0.25) is 0 Å². The summed E-state index contributed by atoms with van der Waals surface area (Å²) in [6.45, 7) is 27.4. The van der Waals surface area contributed by atoms with Crippen molar-refractivity contribution in [2.45, 2.75) is 229 Å². The SMILES string of the molecule is C=C[C@@H]1C[C@]1(N)C(=O)NS(=O)(=O)C1CC1.C=C[C@@H]1C[C@]1(NC(=O)[C@@H]1C[C@]2(OC)CN1C(=O)[C@H](C(C)(C)C)NC(=O)OCCC(C)(C)CCCc1ccccc1-c1ccc2cc1)C(=O)NS(=O)(=O)C1CC1.CO[C@@]12C[C@@H](C(=O)O)N(C1)C(=O)[C@H](C(C)(C)C)NC(=O)OCCC(C)(C)CCCc1ccccc1-c1ccc2cc1. The first-order valence-electron chi connectivity index (χ1n) is 38.7. The van der Waals surface area contributed by atoms with Crippen LogP contribution in [0.15, 0.2) is 122 Å². The number of hydrogen-bond donors (Lipinski definition) is 7. The van der Waals surface area contributed by atoms with E-state index < -0.39 is 141 Å². The van der Waals surface area contributed by atoms with Crippen molar-refractivity contribution in [2.75, 3.05) is 40.5 Å². The third kappa shape index (κ3) is 19.6. The highest BCUT2D eigenvalue weighted by atomic mass is 32.2.